The van der Waals surface area contributed by atoms with Crippen LogP contribution in [-0.2, 0) is 0 Å². The molecule has 2 heterocycles. The van der Waals surface area contributed by atoms with Crippen LogP contribution in [0.2, 0.25) is 0 Å². The van der Waals surface area contributed by atoms with Crippen LogP contribution in [0.25, 0.3) is 0 Å². The molecule has 1 aromatic rings. The van der Waals surface area contributed by atoms with Gasteiger partial charge in [-0.2, -0.15) is 0 Å². The summed E-state index contributed by atoms with van der Waals surface area (Å²) in [5.74, 6) is 0.736. The van der Waals surface area contributed by atoms with Gasteiger partial charge < -0.3 is 4.74 Å². The van der Waals surface area contributed by atoms with E-state index in [0.29, 0.717) is 6.04 Å². The highest BCUT2D eigenvalue weighted by atomic mass is 16.5. The Labute approximate surface area is 123 Å². The van der Waals surface area contributed by atoms with Crippen LogP contribution in [0.1, 0.15) is 64.5 Å². The normalized spacial score (nSPS) is 20.3. The smallest absolute Gasteiger partial charge is 0.213 e. The predicted octanol–water partition coefficient (Wildman–Crippen LogP) is 4.20. The first-order chi connectivity index (χ1) is 9.70. The van der Waals surface area contributed by atoms with Gasteiger partial charge in [-0.05, 0) is 51.8 Å². The standard InChI is InChI=1S/C17H28N2O/c1-4-5-11-19-12-7-6-8-16(19)15-9-10-17(18-13-15)20-14(2)3/h9-10,13-14,16H,4-8,11-12H2,1-3H3/t16-/m1/s1. The quantitative estimate of drug-likeness (QED) is 0.778. The van der Waals surface area contributed by atoms with E-state index in [-0.39, 0.29) is 6.10 Å². The number of rotatable bonds is 6. The zero-order valence-corrected chi connectivity index (χ0v) is 13.1. The first-order valence-corrected chi connectivity index (χ1v) is 8.07. The second-order valence-electron chi connectivity index (χ2n) is 6.00. The Bertz CT molecular complexity index is 388. The minimum atomic E-state index is 0.184. The van der Waals surface area contributed by atoms with Gasteiger partial charge in [-0.15, -0.1) is 0 Å². The average Bonchev–Trinajstić information content (AvgIpc) is 2.46. The fourth-order valence-corrected chi connectivity index (χ4v) is 2.90. The van der Waals surface area contributed by atoms with E-state index < -0.39 is 0 Å². The van der Waals surface area contributed by atoms with Crippen LogP contribution in [0.15, 0.2) is 18.3 Å². The Hall–Kier alpha value is -1.09. The van der Waals surface area contributed by atoms with E-state index in [1.807, 2.05) is 26.1 Å². The van der Waals surface area contributed by atoms with Crippen molar-refractivity contribution in [3.63, 3.8) is 0 Å². The van der Waals surface area contributed by atoms with Crippen LogP contribution in [0.3, 0.4) is 0 Å². The molecule has 0 spiro atoms. The molecule has 1 saturated heterocycles. The summed E-state index contributed by atoms with van der Waals surface area (Å²) < 4.78 is 5.62. The van der Waals surface area contributed by atoms with Gasteiger partial charge in [-0.3, -0.25) is 4.90 Å². The van der Waals surface area contributed by atoms with E-state index in [4.69, 9.17) is 4.74 Å². The van der Waals surface area contributed by atoms with Gasteiger partial charge in [-0.1, -0.05) is 25.8 Å². The molecule has 2 rings (SSSR count). The lowest BCUT2D eigenvalue weighted by atomic mass is 9.96. The van der Waals surface area contributed by atoms with E-state index in [1.165, 1.54) is 50.8 Å². The summed E-state index contributed by atoms with van der Waals surface area (Å²) in [5.41, 5.74) is 1.34. The van der Waals surface area contributed by atoms with Crippen molar-refractivity contribution in [3.8, 4) is 5.88 Å². The predicted molar refractivity (Wildman–Crippen MR) is 83.1 cm³/mol. The molecule has 1 aliphatic rings. The zero-order chi connectivity index (χ0) is 14.4. The largest absolute Gasteiger partial charge is 0.475 e. The van der Waals surface area contributed by atoms with E-state index in [1.54, 1.807) is 0 Å². The number of ether oxygens (including phenoxy) is 1. The van der Waals surface area contributed by atoms with Crippen molar-refractivity contribution in [3.05, 3.63) is 23.9 Å². The highest BCUT2D eigenvalue weighted by Crippen LogP contribution is 2.31. The maximum atomic E-state index is 5.62. The SMILES string of the molecule is CCCCN1CCCC[C@@H]1c1ccc(OC(C)C)nc1. The van der Waals surface area contributed by atoms with Crippen LogP contribution in [0.5, 0.6) is 5.88 Å². The molecule has 0 aromatic carbocycles. The molecule has 0 aliphatic carbocycles. The van der Waals surface area contributed by atoms with Crippen LogP contribution in [0, 0.1) is 0 Å². The molecule has 1 fully saturated rings. The minimum absolute atomic E-state index is 0.184. The molecule has 0 radical (unpaired) electrons. The molecule has 112 valence electrons. The summed E-state index contributed by atoms with van der Waals surface area (Å²) in [5, 5.41) is 0. The second-order valence-corrected chi connectivity index (χ2v) is 6.00. The molecule has 3 nitrogen and oxygen atoms in total. The molecule has 0 saturated carbocycles. The maximum absolute atomic E-state index is 5.62. The third-order valence-electron chi connectivity index (χ3n) is 3.91. The van der Waals surface area contributed by atoms with Crippen LogP contribution in [0.4, 0.5) is 0 Å². The van der Waals surface area contributed by atoms with Gasteiger partial charge in [0.05, 0.1) is 6.10 Å². The third-order valence-corrected chi connectivity index (χ3v) is 3.91. The average molecular weight is 276 g/mol. The van der Waals surface area contributed by atoms with E-state index >= 15 is 0 Å². The Balaban J connectivity index is 2.03. The van der Waals surface area contributed by atoms with Crippen molar-refractivity contribution in [1.29, 1.82) is 0 Å². The van der Waals surface area contributed by atoms with E-state index in [2.05, 4.69) is 22.9 Å². The van der Waals surface area contributed by atoms with Crippen LogP contribution < -0.4 is 4.74 Å². The maximum Gasteiger partial charge on any atom is 0.213 e. The summed E-state index contributed by atoms with van der Waals surface area (Å²) in [6, 6.07) is 4.76. The molecule has 0 amide bonds. The van der Waals surface area contributed by atoms with Crippen molar-refractivity contribution in [2.24, 2.45) is 0 Å². The molecular formula is C17H28N2O. The number of hydrogen-bond donors (Lipinski definition) is 0. The second kappa shape index (κ2) is 7.63. The topological polar surface area (TPSA) is 25.4 Å². The van der Waals surface area contributed by atoms with Gasteiger partial charge in [0.1, 0.15) is 0 Å². The first-order valence-electron chi connectivity index (χ1n) is 8.07. The lowest BCUT2D eigenvalue weighted by Gasteiger charge is -2.35. The Morgan fingerprint density at radius 3 is 2.85 bits per heavy atom. The number of likely N-dealkylation sites (tertiary alicyclic amines) is 1. The minimum Gasteiger partial charge on any atom is -0.475 e. The number of pyridine rings is 1. The molecule has 1 aromatic heterocycles. The molecule has 0 N–H and O–H groups in total. The zero-order valence-electron chi connectivity index (χ0n) is 13.1. The fourth-order valence-electron chi connectivity index (χ4n) is 2.90. The molecule has 1 aliphatic heterocycles. The number of nitrogens with zero attached hydrogens (tertiary/aromatic N) is 2. The highest BCUT2D eigenvalue weighted by Gasteiger charge is 2.23. The molecule has 20 heavy (non-hydrogen) atoms. The molecule has 1 atom stereocenters. The van der Waals surface area contributed by atoms with Gasteiger partial charge in [0, 0.05) is 18.3 Å². The molecule has 0 bridgehead atoms. The van der Waals surface area contributed by atoms with Gasteiger partial charge in [0.25, 0.3) is 0 Å². The van der Waals surface area contributed by atoms with Crippen molar-refractivity contribution in [2.75, 3.05) is 13.1 Å². The van der Waals surface area contributed by atoms with Crippen LogP contribution in [-0.4, -0.2) is 29.1 Å². The van der Waals surface area contributed by atoms with Gasteiger partial charge in [-0.25, -0.2) is 4.98 Å². The number of piperidine rings is 1. The van der Waals surface area contributed by atoms with Crippen molar-refractivity contribution < 1.29 is 4.74 Å². The summed E-state index contributed by atoms with van der Waals surface area (Å²) >= 11 is 0. The molecule has 0 unspecified atom stereocenters. The van der Waals surface area contributed by atoms with Crippen LogP contribution >= 0.6 is 0 Å². The van der Waals surface area contributed by atoms with Gasteiger partial charge >= 0.3 is 0 Å². The Morgan fingerprint density at radius 2 is 2.20 bits per heavy atom. The Kier molecular flexibility index (Phi) is 5.84. The monoisotopic (exact) mass is 276 g/mol. The summed E-state index contributed by atoms with van der Waals surface area (Å²) in [4.78, 5) is 7.09. The van der Waals surface area contributed by atoms with Crippen molar-refractivity contribution in [1.82, 2.24) is 9.88 Å². The lowest BCUT2D eigenvalue weighted by Crippen LogP contribution is -2.34. The van der Waals surface area contributed by atoms with Crippen molar-refractivity contribution in [2.45, 2.75) is 65.0 Å². The number of hydrogen-bond acceptors (Lipinski definition) is 3. The van der Waals surface area contributed by atoms with E-state index in [0.717, 1.165) is 5.88 Å². The fraction of sp³-hybridized carbons (Fsp3) is 0.706. The Morgan fingerprint density at radius 1 is 1.35 bits per heavy atom. The van der Waals surface area contributed by atoms with Gasteiger partial charge in [0.2, 0.25) is 5.88 Å². The highest BCUT2D eigenvalue weighted by molar-refractivity contribution is 5.21. The lowest BCUT2D eigenvalue weighted by molar-refractivity contribution is 0.146. The molecular weight excluding hydrogens is 248 g/mol. The van der Waals surface area contributed by atoms with Gasteiger partial charge in [0.15, 0.2) is 0 Å². The van der Waals surface area contributed by atoms with E-state index in [9.17, 15) is 0 Å². The number of unbranched alkanes of at least 4 members (excludes halogenated alkanes) is 1. The summed E-state index contributed by atoms with van der Waals surface area (Å²) in [6.07, 6.45) is 8.67. The first kappa shape index (κ1) is 15.3. The molecule has 3 heteroatoms. The third kappa shape index (κ3) is 4.20. The van der Waals surface area contributed by atoms with Crippen molar-refractivity contribution >= 4 is 0 Å². The summed E-state index contributed by atoms with van der Waals surface area (Å²) in [6.45, 7) is 8.77. The summed E-state index contributed by atoms with van der Waals surface area (Å²) in [7, 11) is 0. The number of aromatic nitrogens is 1.